The lowest BCUT2D eigenvalue weighted by Gasteiger charge is -2.25. The van der Waals surface area contributed by atoms with E-state index in [-0.39, 0.29) is 16.2 Å². The second-order valence-electron chi connectivity index (χ2n) is 8.19. The van der Waals surface area contributed by atoms with Crippen molar-refractivity contribution >= 4 is 34.6 Å². The topological polar surface area (TPSA) is 92.5 Å². The number of hydrogen-bond donors (Lipinski definition) is 0. The van der Waals surface area contributed by atoms with E-state index in [9.17, 15) is 14.0 Å². The first-order valence-corrected chi connectivity index (χ1v) is 11.7. The molecular formula is C26H21ClFN3O5. The molecule has 4 atom stereocenters. The highest BCUT2D eigenvalue weighted by molar-refractivity contribution is 6.34. The Kier molecular flexibility index (Phi) is 6.67. The molecule has 1 aliphatic heterocycles. The van der Waals surface area contributed by atoms with Crippen molar-refractivity contribution in [2.24, 2.45) is 0 Å². The first-order valence-electron chi connectivity index (χ1n) is 11.3. The van der Waals surface area contributed by atoms with E-state index in [0.717, 1.165) is 6.20 Å². The lowest BCUT2D eigenvalue weighted by Crippen LogP contribution is -2.39. The van der Waals surface area contributed by atoms with Gasteiger partial charge in [0.05, 0.1) is 16.5 Å². The molecule has 36 heavy (non-hydrogen) atoms. The highest BCUT2D eigenvalue weighted by Crippen LogP contribution is 2.39. The molecule has 0 aliphatic carbocycles. The molecule has 0 spiro atoms. The number of ether oxygens (including phenoxy) is 3. The number of fused-ring (bicyclic) bond motifs is 1. The van der Waals surface area contributed by atoms with Crippen molar-refractivity contribution in [3.8, 4) is 0 Å². The first-order chi connectivity index (χ1) is 17.5. The van der Waals surface area contributed by atoms with Crippen molar-refractivity contribution in [1.82, 2.24) is 14.5 Å². The first kappa shape index (κ1) is 23.9. The van der Waals surface area contributed by atoms with Crippen molar-refractivity contribution in [3.63, 3.8) is 0 Å². The zero-order valence-electron chi connectivity index (χ0n) is 19.1. The molecule has 5 rings (SSSR count). The van der Waals surface area contributed by atoms with Crippen LogP contribution in [0, 0.1) is 5.82 Å². The van der Waals surface area contributed by atoms with Crippen molar-refractivity contribution in [2.45, 2.75) is 37.9 Å². The summed E-state index contributed by atoms with van der Waals surface area (Å²) in [5.41, 5.74) is 0.794. The van der Waals surface area contributed by atoms with Gasteiger partial charge < -0.3 is 14.2 Å². The summed E-state index contributed by atoms with van der Waals surface area (Å²) in [5.74, 6) is -1.90. The number of halogens is 2. The SMILES string of the molecule is CC[C@H]1O[C@@H](n2cc(F)c3c(Cl)ncnc32)[C@@H](OC(=O)c2ccccc2)C1OC(=O)c1ccccc1. The van der Waals surface area contributed by atoms with E-state index in [2.05, 4.69) is 9.97 Å². The standard InChI is InChI=1S/C26H21ClFN3O5/c1-2-18-20(35-25(32)15-9-5-3-6-10-15)21(36-26(33)16-11-7-4-8-12-16)24(34-18)31-13-17(28)19-22(27)29-14-30-23(19)31/h3-14,18,20-21,24H,2H2,1H3/t18-,20?,21+,24-/m1/s1. The van der Waals surface area contributed by atoms with Crippen LogP contribution in [-0.4, -0.2) is 44.8 Å². The number of carbonyl (C=O) groups is 2. The number of benzene rings is 2. The summed E-state index contributed by atoms with van der Waals surface area (Å²) in [5, 5.41) is -0.0557. The van der Waals surface area contributed by atoms with Crippen molar-refractivity contribution in [1.29, 1.82) is 0 Å². The van der Waals surface area contributed by atoms with Crippen LogP contribution in [0.4, 0.5) is 4.39 Å². The van der Waals surface area contributed by atoms with E-state index in [1.807, 2.05) is 6.92 Å². The molecule has 0 N–H and O–H groups in total. The van der Waals surface area contributed by atoms with Crippen LogP contribution in [0.5, 0.6) is 0 Å². The highest BCUT2D eigenvalue weighted by Gasteiger charge is 2.50. The van der Waals surface area contributed by atoms with E-state index < -0.39 is 42.3 Å². The molecule has 3 heterocycles. The van der Waals surface area contributed by atoms with Gasteiger partial charge in [0.25, 0.3) is 0 Å². The Morgan fingerprint density at radius 3 is 2.14 bits per heavy atom. The molecule has 0 radical (unpaired) electrons. The second-order valence-corrected chi connectivity index (χ2v) is 8.55. The normalized spacial score (nSPS) is 21.4. The minimum atomic E-state index is -1.11. The number of carbonyl (C=O) groups excluding carboxylic acids is 2. The van der Waals surface area contributed by atoms with Crippen LogP contribution in [0.2, 0.25) is 5.15 Å². The van der Waals surface area contributed by atoms with Gasteiger partial charge in [0, 0.05) is 6.20 Å². The van der Waals surface area contributed by atoms with Crippen molar-refractivity contribution in [2.75, 3.05) is 0 Å². The third kappa shape index (κ3) is 4.43. The summed E-state index contributed by atoms with van der Waals surface area (Å²) in [7, 11) is 0. The summed E-state index contributed by atoms with van der Waals surface area (Å²) in [6, 6.07) is 16.8. The Morgan fingerprint density at radius 1 is 0.972 bits per heavy atom. The lowest BCUT2D eigenvalue weighted by molar-refractivity contribution is -0.0489. The van der Waals surface area contributed by atoms with Gasteiger partial charge >= 0.3 is 11.9 Å². The van der Waals surface area contributed by atoms with Gasteiger partial charge in [-0.15, -0.1) is 0 Å². The molecule has 4 aromatic rings. The van der Waals surface area contributed by atoms with Crippen LogP contribution < -0.4 is 0 Å². The van der Waals surface area contributed by atoms with Crippen molar-refractivity contribution in [3.05, 3.63) is 95.3 Å². The monoisotopic (exact) mass is 509 g/mol. The fourth-order valence-electron chi connectivity index (χ4n) is 4.26. The van der Waals surface area contributed by atoms with Crippen LogP contribution in [0.15, 0.2) is 73.2 Å². The van der Waals surface area contributed by atoms with E-state index in [1.54, 1.807) is 60.7 Å². The van der Waals surface area contributed by atoms with Gasteiger partial charge in [0.2, 0.25) is 0 Å². The summed E-state index contributed by atoms with van der Waals surface area (Å²) in [6.07, 6.45) is -0.988. The highest BCUT2D eigenvalue weighted by atomic mass is 35.5. The second kappa shape index (κ2) is 10.0. The quantitative estimate of drug-likeness (QED) is 0.267. The third-order valence-corrected chi connectivity index (χ3v) is 6.27. The van der Waals surface area contributed by atoms with Gasteiger partial charge in [-0.25, -0.2) is 23.9 Å². The van der Waals surface area contributed by atoms with Crippen LogP contribution in [0.1, 0.15) is 40.3 Å². The number of rotatable bonds is 6. The predicted octanol–water partition coefficient (Wildman–Crippen LogP) is 4.98. The van der Waals surface area contributed by atoms with E-state index in [1.165, 1.54) is 10.9 Å². The largest absolute Gasteiger partial charge is 0.452 e. The minimum absolute atomic E-state index is 0.00804. The third-order valence-electron chi connectivity index (χ3n) is 5.98. The molecule has 2 aromatic carbocycles. The maximum atomic E-state index is 14.8. The summed E-state index contributed by atoms with van der Waals surface area (Å²) in [4.78, 5) is 34.0. The molecule has 2 aromatic heterocycles. The average Bonchev–Trinajstić information content (AvgIpc) is 3.42. The Labute approximate surface area is 210 Å². The van der Waals surface area contributed by atoms with Gasteiger partial charge in [0.1, 0.15) is 23.2 Å². The Balaban J connectivity index is 1.55. The van der Waals surface area contributed by atoms with Gasteiger partial charge in [-0.05, 0) is 30.7 Å². The molecule has 0 saturated carbocycles. The van der Waals surface area contributed by atoms with Crippen LogP contribution >= 0.6 is 11.6 Å². The molecule has 0 amide bonds. The Hall–Kier alpha value is -3.82. The predicted molar refractivity (Wildman–Crippen MR) is 128 cm³/mol. The van der Waals surface area contributed by atoms with E-state index in [0.29, 0.717) is 17.5 Å². The van der Waals surface area contributed by atoms with E-state index >= 15 is 0 Å². The van der Waals surface area contributed by atoms with Crippen LogP contribution in [0.3, 0.4) is 0 Å². The number of nitrogens with zero attached hydrogens (tertiary/aromatic N) is 3. The summed E-state index contributed by atoms with van der Waals surface area (Å²) < 4.78 is 34.1. The molecule has 8 nitrogen and oxygen atoms in total. The Morgan fingerprint density at radius 2 is 1.56 bits per heavy atom. The number of esters is 2. The van der Waals surface area contributed by atoms with Crippen LogP contribution in [-0.2, 0) is 14.2 Å². The maximum Gasteiger partial charge on any atom is 0.338 e. The molecule has 1 aliphatic rings. The fourth-order valence-corrected chi connectivity index (χ4v) is 4.48. The van der Waals surface area contributed by atoms with Gasteiger partial charge in [-0.3, -0.25) is 4.57 Å². The molecule has 0 bridgehead atoms. The van der Waals surface area contributed by atoms with E-state index in [4.69, 9.17) is 25.8 Å². The number of hydrogen-bond acceptors (Lipinski definition) is 7. The molecule has 10 heteroatoms. The smallest absolute Gasteiger partial charge is 0.338 e. The molecule has 1 unspecified atom stereocenters. The summed E-state index contributed by atoms with van der Waals surface area (Å²) >= 11 is 6.10. The summed E-state index contributed by atoms with van der Waals surface area (Å²) in [6.45, 7) is 1.85. The molecule has 1 fully saturated rings. The zero-order chi connectivity index (χ0) is 25.2. The van der Waals surface area contributed by atoms with Crippen molar-refractivity contribution < 1.29 is 28.2 Å². The van der Waals surface area contributed by atoms with Gasteiger partial charge in [-0.2, -0.15) is 0 Å². The zero-order valence-corrected chi connectivity index (χ0v) is 19.8. The Bertz CT molecular complexity index is 1400. The average molecular weight is 510 g/mol. The molecular weight excluding hydrogens is 489 g/mol. The maximum absolute atomic E-state index is 14.8. The fraction of sp³-hybridized carbons (Fsp3) is 0.231. The van der Waals surface area contributed by atoms with Gasteiger partial charge in [-0.1, -0.05) is 54.9 Å². The molecule has 184 valence electrons. The lowest BCUT2D eigenvalue weighted by atomic mass is 10.1. The van der Waals surface area contributed by atoms with Crippen LogP contribution in [0.25, 0.3) is 11.0 Å². The number of aromatic nitrogens is 3. The van der Waals surface area contributed by atoms with Gasteiger partial charge in [0.15, 0.2) is 24.3 Å². The minimum Gasteiger partial charge on any atom is -0.452 e. The molecule has 1 saturated heterocycles.